The standard InChI is InChI=1S/C16H22F2N2/c1-10(11-3-6-15(17)16(18)7-11)20(2)14-8-12-4-5-13(9-14)19-12/h3,6-7,10,12-14,19H,4-5,8-9H2,1-2H3. The lowest BCUT2D eigenvalue weighted by atomic mass is 9.96. The van der Waals surface area contributed by atoms with Crippen LogP contribution in [0.3, 0.4) is 0 Å². The van der Waals surface area contributed by atoms with Crippen molar-refractivity contribution in [3.05, 3.63) is 35.4 Å². The minimum absolute atomic E-state index is 0.104. The third-order valence-corrected chi connectivity index (χ3v) is 5.06. The molecule has 0 saturated carbocycles. The van der Waals surface area contributed by atoms with Crippen LogP contribution in [0.4, 0.5) is 8.78 Å². The van der Waals surface area contributed by atoms with Gasteiger partial charge in [0.15, 0.2) is 11.6 Å². The summed E-state index contributed by atoms with van der Waals surface area (Å²) in [6.07, 6.45) is 4.85. The topological polar surface area (TPSA) is 15.3 Å². The Morgan fingerprint density at radius 1 is 1.15 bits per heavy atom. The van der Waals surface area contributed by atoms with Crippen LogP contribution >= 0.6 is 0 Å². The lowest BCUT2D eigenvalue weighted by Crippen LogP contribution is -2.47. The second-order valence-corrected chi connectivity index (χ2v) is 6.28. The highest BCUT2D eigenvalue weighted by Gasteiger charge is 2.36. The maximum absolute atomic E-state index is 13.4. The number of rotatable bonds is 3. The number of halogens is 2. The summed E-state index contributed by atoms with van der Waals surface area (Å²) in [5.41, 5.74) is 0.845. The van der Waals surface area contributed by atoms with Gasteiger partial charge in [0.25, 0.3) is 0 Å². The van der Waals surface area contributed by atoms with E-state index in [-0.39, 0.29) is 6.04 Å². The van der Waals surface area contributed by atoms with E-state index in [9.17, 15) is 8.78 Å². The summed E-state index contributed by atoms with van der Waals surface area (Å²) in [5, 5.41) is 3.63. The molecule has 2 bridgehead atoms. The van der Waals surface area contributed by atoms with Crippen LogP contribution in [0.5, 0.6) is 0 Å². The molecule has 110 valence electrons. The van der Waals surface area contributed by atoms with Gasteiger partial charge in [0.1, 0.15) is 0 Å². The van der Waals surface area contributed by atoms with Crippen molar-refractivity contribution >= 4 is 0 Å². The van der Waals surface area contributed by atoms with Gasteiger partial charge in [-0.05, 0) is 57.4 Å². The van der Waals surface area contributed by atoms with Crippen molar-refractivity contribution < 1.29 is 8.78 Å². The first kappa shape index (κ1) is 14.0. The van der Waals surface area contributed by atoms with Crippen molar-refractivity contribution in [2.24, 2.45) is 0 Å². The lowest BCUT2D eigenvalue weighted by molar-refractivity contribution is 0.132. The fourth-order valence-electron chi connectivity index (χ4n) is 3.68. The summed E-state index contributed by atoms with van der Waals surface area (Å²) < 4.78 is 26.4. The van der Waals surface area contributed by atoms with Crippen molar-refractivity contribution in [3.8, 4) is 0 Å². The summed E-state index contributed by atoms with van der Waals surface area (Å²) in [6.45, 7) is 2.07. The number of nitrogens with zero attached hydrogens (tertiary/aromatic N) is 1. The summed E-state index contributed by atoms with van der Waals surface area (Å²) in [5.74, 6) is -1.53. The first-order valence-electron chi connectivity index (χ1n) is 7.47. The van der Waals surface area contributed by atoms with Crippen LogP contribution < -0.4 is 5.32 Å². The van der Waals surface area contributed by atoms with E-state index in [0.717, 1.165) is 18.4 Å². The largest absolute Gasteiger partial charge is 0.311 e. The van der Waals surface area contributed by atoms with E-state index in [1.807, 2.05) is 0 Å². The van der Waals surface area contributed by atoms with Gasteiger partial charge < -0.3 is 5.32 Å². The smallest absolute Gasteiger partial charge is 0.159 e. The molecule has 3 atom stereocenters. The number of nitrogens with one attached hydrogen (secondary N) is 1. The molecule has 0 aromatic heterocycles. The van der Waals surface area contributed by atoms with Crippen LogP contribution in [-0.4, -0.2) is 30.1 Å². The summed E-state index contributed by atoms with van der Waals surface area (Å²) >= 11 is 0. The van der Waals surface area contributed by atoms with Gasteiger partial charge in [0.05, 0.1) is 0 Å². The quantitative estimate of drug-likeness (QED) is 0.914. The number of benzene rings is 1. The van der Waals surface area contributed by atoms with Crippen molar-refractivity contribution in [2.75, 3.05) is 7.05 Å². The molecular formula is C16H22F2N2. The van der Waals surface area contributed by atoms with Crippen molar-refractivity contribution in [1.29, 1.82) is 0 Å². The SMILES string of the molecule is CC(c1ccc(F)c(F)c1)N(C)C1CC2CCC(C1)N2. The maximum atomic E-state index is 13.4. The molecule has 0 amide bonds. The second kappa shape index (κ2) is 5.41. The van der Waals surface area contributed by atoms with Crippen LogP contribution in [-0.2, 0) is 0 Å². The van der Waals surface area contributed by atoms with Crippen LogP contribution in [0.1, 0.15) is 44.2 Å². The third-order valence-electron chi connectivity index (χ3n) is 5.06. The normalized spacial score (nSPS) is 30.8. The van der Waals surface area contributed by atoms with Gasteiger partial charge in [-0.1, -0.05) is 6.07 Å². The van der Waals surface area contributed by atoms with Crippen LogP contribution in [0.15, 0.2) is 18.2 Å². The molecule has 3 unspecified atom stereocenters. The first-order chi connectivity index (χ1) is 9.54. The average Bonchev–Trinajstić information content (AvgIpc) is 2.79. The zero-order valence-electron chi connectivity index (χ0n) is 12.1. The molecule has 1 N–H and O–H groups in total. The first-order valence-corrected chi connectivity index (χ1v) is 7.47. The van der Waals surface area contributed by atoms with Gasteiger partial charge in [-0.15, -0.1) is 0 Å². The van der Waals surface area contributed by atoms with E-state index < -0.39 is 11.6 Å². The molecule has 2 heterocycles. The fraction of sp³-hybridized carbons (Fsp3) is 0.625. The molecule has 4 heteroatoms. The Hall–Kier alpha value is -1.00. The summed E-state index contributed by atoms with van der Waals surface area (Å²) in [4.78, 5) is 2.32. The van der Waals surface area contributed by atoms with Gasteiger partial charge in [-0.25, -0.2) is 8.78 Å². The molecule has 3 rings (SSSR count). The Labute approximate surface area is 119 Å². The number of hydrogen-bond acceptors (Lipinski definition) is 2. The van der Waals surface area contributed by atoms with Gasteiger partial charge in [-0.2, -0.15) is 0 Å². The van der Waals surface area contributed by atoms with Crippen LogP contribution in [0.2, 0.25) is 0 Å². The minimum atomic E-state index is -0.775. The molecule has 1 aromatic carbocycles. The highest BCUT2D eigenvalue weighted by Crippen LogP contribution is 2.33. The van der Waals surface area contributed by atoms with E-state index >= 15 is 0 Å². The Balaban J connectivity index is 1.72. The maximum Gasteiger partial charge on any atom is 0.159 e. The molecule has 2 nitrogen and oxygen atoms in total. The predicted octanol–water partition coefficient (Wildman–Crippen LogP) is 3.24. The van der Waals surface area contributed by atoms with E-state index in [4.69, 9.17) is 0 Å². The van der Waals surface area contributed by atoms with Crippen LogP contribution in [0.25, 0.3) is 0 Å². The second-order valence-electron chi connectivity index (χ2n) is 6.28. The Bertz CT molecular complexity index is 479. The van der Waals surface area contributed by atoms with Gasteiger partial charge in [-0.3, -0.25) is 4.90 Å². The average molecular weight is 280 g/mol. The van der Waals surface area contributed by atoms with Gasteiger partial charge >= 0.3 is 0 Å². The fourth-order valence-corrected chi connectivity index (χ4v) is 3.68. The van der Waals surface area contributed by atoms with E-state index in [0.29, 0.717) is 18.1 Å². The molecule has 0 radical (unpaired) electrons. The Morgan fingerprint density at radius 3 is 2.40 bits per heavy atom. The summed E-state index contributed by atoms with van der Waals surface area (Å²) in [7, 11) is 2.10. The predicted molar refractivity (Wildman–Crippen MR) is 75.5 cm³/mol. The molecule has 20 heavy (non-hydrogen) atoms. The highest BCUT2D eigenvalue weighted by atomic mass is 19.2. The van der Waals surface area contributed by atoms with Crippen molar-refractivity contribution in [2.45, 2.75) is 56.8 Å². The molecule has 2 aliphatic rings. The number of hydrogen-bond donors (Lipinski definition) is 1. The lowest BCUT2D eigenvalue weighted by Gasteiger charge is -2.39. The van der Waals surface area contributed by atoms with Gasteiger partial charge in [0.2, 0.25) is 0 Å². The molecule has 2 saturated heterocycles. The third kappa shape index (κ3) is 2.59. The number of fused-ring (bicyclic) bond motifs is 2. The monoisotopic (exact) mass is 280 g/mol. The van der Waals surface area contributed by atoms with E-state index in [1.54, 1.807) is 6.07 Å². The highest BCUT2D eigenvalue weighted by molar-refractivity contribution is 5.21. The van der Waals surface area contributed by atoms with Crippen LogP contribution in [0, 0.1) is 11.6 Å². The molecule has 2 aliphatic heterocycles. The van der Waals surface area contributed by atoms with Crippen molar-refractivity contribution in [1.82, 2.24) is 10.2 Å². The molecule has 2 fully saturated rings. The van der Waals surface area contributed by atoms with E-state index in [2.05, 4.69) is 24.2 Å². The molecule has 0 aliphatic carbocycles. The zero-order valence-corrected chi connectivity index (χ0v) is 12.1. The van der Waals surface area contributed by atoms with Gasteiger partial charge in [0, 0.05) is 24.2 Å². The summed E-state index contributed by atoms with van der Waals surface area (Å²) in [6, 6.07) is 6.14. The Morgan fingerprint density at radius 2 is 1.80 bits per heavy atom. The Kier molecular flexibility index (Phi) is 3.78. The molecular weight excluding hydrogens is 258 g/mol. The number of piperidine rings is 1. The molecule has 1 aromatic rings. The molecule has 0 spiro atoms. The van der Waals surface area contributed by atoms with Crippen molar-refractivity contribution in [3.63, 3.8) is 0 Å². The minimum Gasteiger partial charge on any atom is -0.311 e. The zero-order chi connectivity index (χ0) is 14.3. The van der Waals surface area contributed by atoms with E-state index in [1.165, 1.54) is 25.0 Å².